The van der Waals surface area contributed by atoms with Gasteiger partial charge in [0.1, 0.15) is 0 Å². The van der Waals surface area contributed by atoms with Gasteiger partial charge in [0.15, 0.2) is 27.6 Å². The summed E-state index contributed by atoms with van der Waals surface area (Å²) in [4.78, 5) is 49.9. The Morgan fingerprint density at radius 2 is 1.18 bits per heavy atom. The van der Waals surface area contributed by atoms with E-state index in [9.17, 15) is 34.8 Å². The van der Waals surface area contributed by atoms with Crippen molar-refractivity contribution in [2.75, 3.05) is 37.7 Å². The highest BCUT2D eigenvalue weighted by Gasteiger charge is 2.76. The Hall–Kier alpha value is -1.63. The summed E-state index contributed by atoms with van der Waals surface area (Å²) >= 11 is 10.1. The van der Waals surface area contributed by atoms with Crippen LogP contribution in [0.1, 0.15) is 132 Å². The highest BCUT2D eigenvalue weighted by atomic mass is 79.9. The number of Topliss-reactive ketones (excluding diaryl/α,β-unsaturated/α-hetero) is 3. The van der Waals surface area contributed by atoms with E-state index in [-0.39, 0.29) is 97.5 Å². The summed E-state index contributed by atoms with van der Waals surface area (Å²) < 4.78 is 0. The molecule has 2 spiro atoms. The molecule has 9 rings (SSSR count). The molecule has 0 aliphatic heterocycles. The third-order valence-electron chi connectivity index (χ3n) is 19.1. The maximum atomic E-state index is 13.5. The third kappa shape index (κ3) is 8.12. The van der Waals surface area contributed by atoms with Crippen LogP contribution in [0.4, 0.5) is 5.13 Å². The van der Waals surface area contributed by atoms with Crippen LogP contribution in [0.5, 0.6) is 0 Å². The van der Waals surface area contributed by atoms with Crippen LogP contribution in [0.15, 0.2) is 24.3 Å². The summed E-state index contributed by atoms with van der Waals surface area (Å²) in [6, 6.07) is 0. The predicted octanol–water partition coefficient (Wildman–Crippen LogP) is 7.52. The van der Waals surface area contributed by atoms with Gasteiger partial charge in [0, 0.05) is 60.3 Å². The van der Waals surface area contributed by atoms with Gasteiger partial charge in [0.2, 0.25) is 0 Å². The molecule has 7 fully saturated rings. The Kier molecular flexibility index (Phi) is 17.1. The second-order valence-corrected chi connectivity index (χ2v) is 25.1. The van der Waals surface area contributed by atoms with Crippen molar-refractivity contribution in [1.82, 2.24) is 9.88 Å². The zero-order valence-corrected chi connectivity index (χ0v) is 47.4. The van der Waals surface area contributed by atoms with E-state index in [0.717, 1.165) is 63.4 Å². The van der Waals surface area contributed by atoms with Crippen LogP contribution in [-0.4, -0.2) is 120 Å². The van der Waals surface area contributed by atoms with Crippen molar-refractivity contribution < 1.29 is 39.9 Å². The number of fused-ring (bicyclic) bond motifs is 7. The number of ketones is 3. The molecule has 8 aliphatic carbocycles. The van der Waals surface area contributed by atoms with E-state index in [1.165, 1.54) is 10.6 Å². The minimum Gasteiger partial charge on any atom is -0.397 e. The van der Waals surface area contributed by atoms with E-state index >= 15 is 0 Å². The first kappa shape index (κ1) is 57.3. The Bertz CT molecular complexity index is 2130. The fourth-order valence-electron chi connectivity index (χ4n) is 16.0. The molecule has 7 N–H and O–H groups in total. The van der Waals surface area contributed by atoms with Crippen LogP contribution in [0.2, 0.25) is 0 Å². The molecule has 15 atom stereocenters. The van der Waals surface area contributed by atoms with Crippen LogP contribution < -0.4 is 10.6 Å². The molecule has 1 aromatic rings. The van der Waals surface area contributed by atoms with Crippen molar-refractivity contribution in [2.24, 2.45) is 68.3 Å². The van der Waals surface area contributed by atoms with Crippen LogP contribution in [-0.2, 0) is 26.2 Å². The number of carbonyl (C=O) groups is 3. The number of anilines is 1. The molecule has 12 nitrogen and oxygen atoms in total. The van der Waals surface area contributed by atoms with Crippen molar-refractivity contribution in [1.29, 1.82) is 0 Å². The fourth-order valence-corrected chi connectivity index (χ4v) is 19.1. The number of aliphatic hydroxyl groups excluding tert-OH is 5. The minimum atomic E-state index is -1.13. The monoisotopic (exact) mass is 1110 g/mol. The second kappa shape index (κ2) is 20.3. The van der Waals surface area contributed by atoms with Gasteiger partial charge < -0.3 is 41.1 Å². The van der Waals surface area contributed by atoms with Crippen molar-refractivity contribution in [3.63, 3.8) is 0 Å². The molecule has 0 saturated heterocycles. The van der Waals surface area contributed by atoms with Crippen LogP contribution in [0, 0.1) is 62.6 Å². The Labute approximate surface area is 434 Å². The summed E-state index contributed by atoms with van der Waals surface area (Å²) in [5.41, 5.74) is 4.08. The van der Waals surface area contributed by atoms with Crippen molar-refractivity contribution >= 4 is 84.1 Å². The zero-order valence-electron chi connectivity index (χ0n) is 42.4. The first-order chi connectivity index (χ1) is 31.2. The molecule has 0 amide bonds. The average Bonchev–Trinajstić information content (AvgIpc) is 3.75. The number of thiocarbonyl (C=S) groups is 1. The molecule has 7 saturated carbocycles. The number of thiazole rings is 1. The minimum absolute atomic E-state index is 0. The van der Waals surface area contributed by atoms with Crippen LogP contribution in [0.25, 0.3) is 0 Å². The largest absolute Gasteiger partial charge is 0.397 e. The highest BCUT2D eigenvalue weighted by Crippen LogP contribution is 2.72. The molecule has 384 valence electrons. The van der Waals surface area contributed by atoms with Gasteiger partial charge in [-0.1, -0.05) is 70.6 Å². The molecule has 8 aliphatic rings. The quantitative estimate of drug-likeness (QED) is 0.0963. The number of rotatable bonds is 5. The Morgan fingerprint density at radius 1 is 0.750 bits per heavy atom. The summed E-state index contributed by atoms with van der Waals surface area (Å²) in [5, 5.41) is 54.1. The van der Waals surface area contributed by atoms with E-state index in [2.05, 4.69) is 75.5 Å². The normalized spacial score (nSPS) is 40.7. The van der Waals surface area contributed by atoms with E-state index in [0.29, 0.717) is 35.5 Å². The van der Waals surface area contributed by atoms with Gasteiger partial charge >= 0.3 is 0 Å². The molecule has 4 bridgehead atoms. The van der Waals surface area contributed by atoms with E-state index in [1.807, 2.05) is 32.6 Å². The Balaban J connectivity index is 0.000000209. The van der Waals surface area contributed by atoms with Crippen LogP contribution >= 0.6 is 56.5 Å². The lowest BCUT2D eigenvalue weighted by Crippen LogP contribution is -2.69. The first-order valence-corrected chi connectivity index (χ1v) is 27.1. The van der Waals surface area contributed by atoms with E-state index < -0.39 is 40.7 Å². The predicted molar refractivity (Wildman–Crippen MR) is 283 cm³/mol. The zero-order chi connectivity index (χ0) is 50.3. The van der Waals surface area contributed by atoms with Gasteiger partial charge in [-0.15, -0.1) is 28.3 Å². The number of aromatic nitrogens is 1. The average molecular weight is 1120 g/mol. The topological polar surface area (TPSA) is 198 Å². The number of hydrogen-bond donors (Lipinski definition) is 6. The molecule has 1 aromatic heterocycles. The number of hydrogen-bond acceptors (Lipinski definition) is 12. The van der Waals surface area contributed by atoms with Gasteiger partial charge in [0.25, 0.3) is 0 Å². The lowest BCUT2D eigenvalue weighted by molar-refractivity contribution is -0.221. The smallest absolute Gasteiger partial charge is 0.185 e. The lowest BCUT2D eigenvalue weighted by Gasteiger charge is -2.65. The molecular weight excluding hydrogens is 1030 g/mol. The first-order valence-electron chi connectivity index (χ1n) is 25.0. The van der Waals surface area contributed by atoms with Gasteiger partial charge in [-0.25, -0.2) is 4.98 Å². The number of carbonyl (C=O) groups excluding carboxylic acids is 3. The molecule has 0 aromatic carbocycles. The van der Waals surface area contributed by atoms with E-state index in [1.54, 1.807) is 18.3 Å². The number of alkyl halides is 1. The van der Waals surface area contributed by atoms with Gasteiger partial charge in [-0.3, -0.25) is 14.4 Å². The maximum Gasteiger partial charge on any atom is 0.185 e. The van der Waals surface area contributed by atoms with Gasteiger partial charge in [-0.05, 0) is 144 Å². The maximum absolute atomic E-state index is 13.5. The van der Waals surface area contributed by atoms with E-state index in [4.69, 9.17) is 28.0 Å². The number of halogens is 2. The molecule has 68 heavy (non-hydrogen) atoms. The van der Waals surface area contributed by atoms with Crippen molar-refractivity contribution in [2.45, 2.75) is 162 Å². The summed E-state index contributed by atoms with van der Waals surface area (Å²) in [6.07, 6.45) is 2.19. The van der Waals surface area contributed by atoms with Gasteiger partial charge in [0.05, 0.1) is 45.8 Å². The highest BCUT2D eigenvalue weighted by molar-refractivity contribution is 9.10. The Morgan fingerprint density at radius 3 is 1.57 bits per heavy atom. The lowest BCUT2D eigenvalue weighted by atomic mass is 9.39. The third-order valence-corrected chi connectivity index (χ3v) is 21.2. The SMILES string of the molecule is Br.C=C1C(=O)[C@@]23[C@H](O)C[C@@H]4C(C)(C)C(=O)C(Br)C[C@@]4(C)[C@@H]2CC[C@@H]1[C@H]3O.C=C1C(=O)[C@@]23[C@H](O)C[C@@H]4C(C)(C)c5nc(N(CC)CC)sc5C[C@@]4(C)[C@@H]2CC[C@H]1[C@H]3O.CCN(CC)C(N)=S.CCO. The standard InChI is InChI=1S/C25H36N2O3S.C20H27BrO4.C5H12N2S.C2H6O.BrH/c1-7-27(8-2)22-26-19-15(31-22)12-24(6)16-10-9-14-13(3)20(29)25(16,21(14)30)18(28)11-17(24)23(19,4)5;1-9-10-5-6-12-19(4)8-11(21)17(25)18(2,3)13(19)7-14(22)20(12,15(9)23)16(10)24;1-3-7(4-2)5(6)8;1-2-3;/h14,16-18,21,28,30H,3,7-12H2,1-2,4-6H3;10-14,16,22,24H,1,5-8H2,2-4H3;3-4H2,1-2H3,(H2,6,8);3H,2H2,1H3;1H/t14-,16+,17-,18-,21-,24+,25+;10-,11?,12-,13+,14+,16+,19-,20-;;;/m10.../s1. The number of nitrogens with two attached hydrogens (primary N) is 1. The fraction of sp³-hybridized carbons (Fsp3) is 0.788. The van der Waals surface area contributed by atoms with Crippen molar-refractivity contribution in [3.8, 4) is 0 Å². The molecule has 1 unspecified atom stereocenters. The molecule has 1 heterocycles. The number of aliphatic hydroxyl groups is 5. The summed E-state index contributed by atoms with van der Waals surface area (Å²) in [6.45, 7) is 34.9. The second-order valence-electron chi connectivity index (χ2n) is 22.5. The molecule has 0 radical (unpaired) electrons. The summed E-state index contributed by atoms with van der Waals surface area (Å²) in [7, 11) is 0. The molecule has 16 heteroatoms. The van der Waals surface area contributed by atoms with Crippen molar-refractivity contribution in [3.05, 3.63) is 34.9 Å². The number of nitrogens with zero attached hydrogens (tertiary/aromatic N) is 3. The molecular formula is C52H82Br2N4O8S2. The van der Waals surface area contributed by atoms with Crippen LogP contribution in [0.3, 0.4) is 0 Å². The van der Waals surface area contributed by atoms with Gasteiger partial charge in [-0.2, -0.15) is 0 Å². The summed E-state index contributed by atoms with van der Waals surface area (Å²) in [5.74, 6) is -0.420.